The molecule has 0 amide bonds. The Labute approximate surface area is 94.0 Å². The molecule has 0 aliphatic carbocycles. The first-order chi connectivity index (χ1) is 7.15. The molecule has 0 aliphatic rings. The second kappa shape index (κ2) is 5.98. The molecule has 2 N–H and O–H groups in total. The summed E-state index contributed by atoms with van der Waals surface area (Å²) >= 11 is 1.63. The number of rotatable bonds is 5. The predicted octanol–water partition coefficient (Wildman–Crippen LogP) is 2.41. The standard InChI is InChI=1S/C11H16FNOS/c1-8(13)6-15-7-9-4-3-5-10(14-2)11(9)12/h3-5,8H,6-7,13H2,1-2H3. The van der Waals surface area contributed by atoms with E-state index in [0.717, 1.165) is 5.75 Å². The molecule has 4 heteroatoms. The summed E-state index contributed by atoms with van der Waals surface area (Å²) in [7, 11) is 1.47. The lowest BCUT2D eigenvalue weighted by molar-refractivity contribution is 0.385. The predicted molar refractivity (Wildman–Crippen MR) is 62.8 cm³/mol. The number of halogens is 1. The first-order valence-electron chi connectivity index (χ1n) is 4.80. The molecule has 0 aromatic heterocycles. The van der Waals surface area contributed by atoms with Gasteiger partial charge in [0.25, 0.3) is 0 Å². The summed E-state index contributed by atoms with van der Waals surface area (Å²) < 4.78 is 18.5. The van der Waals surface area contributed by atoms with Gasteiger partial charge < -0.3 is 10.5 Å². The number of hydrogen-bond acceptors (Lipinski definition) is 3. The fourth-order valence-electron chi connectivity index (χ4n) is 1.18. The van der Waals surface area contributed by atoms with Gasteiger partial charge in [-0.3, -0.25) is 0 Å². The summed E-state index contributed by atoms with van der Waals surface area (Å²) in [5.41, 5.74) is 6.28. The van der Waals surface area contributed by atoms with Gasteiger partial charge in [0.15, 0.2) is 11.6 Å². The highest BCUT2D eigenvalue weighted by atomic mass is 32.2. The average molecular weight is 229 g/mol. The van der Waals surface area contributed by atoms with Gasteiger partial charge >= 0.3 is 0 Å². The minimum Gasteiger partial charge on any atom is -0.494 e. The van der Waals surface area contributed by atoms with Gasteiger partial charge in [-0.1, -0.05) is 12.1 Å². The van der Waals surface area contributed by atoms with E-state index in [1.807, 2.05) is 6.92 Å². The van der Waals surface area contributed by atoms with Gasteiger partial charge in [0.2, 0.25) is 0 Å². The van der Waals surface area contributed by atoms with E-state index in [1.165, 1.54) is 7.11 Å². The van der Waals surface area contributed by atoms with Crippen LogP contribution in [0.15, 0.2) is 18.2 Å². The number of nitrogens with two attached hydrogens (primary N) is 1. The molecular weight excluding hydrogens is 213 g/mol. The molecule has 0 aliphatic heterocycles. The Kier molecular flexibility index (Phi) is 4.91. The van der Waals surface area contributed by atoms with Crippen LogP contribution < -0.4 is 10.5 Å². The molecule has 0 heterocycles. The summed E-state index contributed by atoms with van der Waals surface area (Å²) in [5.74, 6) is 1.49. The van der Waals surface area contributed by atoms with E-state index in [4.69, 9.17) is 10.5 Å². The summed E-state index contributed by atoms with van der Waals surface area (Å²) in [6.45, 7) is 1.94. The maximum atomic E-state index is 13.6. The van der Waals surface area contributed by atoms with Crippen molar-refractivity contribution in [3.8, 4) is 5.75 Å². The van der Waals surface area contributed by atoms with E-state index < -0.39 is 0 Å². The van der Waals surface area contributed by atoms with Crippen molar-refractivity contribution < 1.29 is 9.13 Å². The van der Waals surface area contributed by atoms with Crippen LogP contribution in [-0.2, 0) is 5.75 Å². The summed E-state index contributed by atoms with van der Waals surface area (Å²) in [4.78, 5) is 0. The van der Waals surface area contributed by atoms with Crippen molar-refractivity contribution in [2.75, 3.05) is 12.9 Å². The molecule has 1 rings (SSSR count). The van der Waals surface area contributed by atoms with Crippen molar-refractivity contribution >= 4 is 11.8 Å². The van der Waals surface area contributed by atoms with Crippen LogP contribution in [0.1, 0.15) is 12.5 Å². The van der Waals surface area contributed by atoms with E-state index in [9.17, 15) is 4.39 Å². The highest BCUT2D eigenvalue weighted by Gasteiger charge is 2.08. The van der Waals surface area contributed by atoms with Gasteiger partial charge in [-0.05, 0) is 13.0 Å². The molecule has 84 valence electrons. The molecular formula is C11H16FNOS. The van der Waals surface area contributed by atoms with E-state index in [0.29, 0.717) is 17.1 Å². The van der Waals surface area contributed by atoms with E-state index >= 15 is 0 Å². The lowest BCUT2D eigenvalue weighted by Crippen LogP contribution is -2.17. The zero-order valence-corrected chi connectivity index (χ0v) is 9.81. The van der Waals surface area contributed by atoms with Gasteiger partial charge in [-0.25, -0.2) is 4.39 Å². The highest BCUT2D eigenvalue weighted by Crippen LogP contribution is 2.23. The molecule has 0 saturated carbocycles. The SMILES string of the molecule is COc1cccc(CSCC(C)N)c1F. The van der Waals surface area contributed by atoms with Gasteiger partial charge in [0.1, 0.15) is 0 Å². The van der Waals surface area contributed by atoms with Crippen LogP contribution in [0.4, 0.5) is 4.39 Å². The van der Waals surface area contributed by atoms with Crippen molar-refractivity contribution in [2.24, 2.45) is 5.73 Å². The van der Waals surface area contributed by atoms with Crippen LogP contribution in [0.25, 0.3) is 0 Å². The molecule has 0 spiro atoms. The van der Waals surface area contributed by atoms with E-state index in [2.05, 4.69) is 0 Å². The fourth-order valence-corrected chi connectivity index (χ4v) is 2.11. The van der Waals surface area contributed by atoms with Crippen molar-refractivity contribution in [2.45, 2.75) is 18.7 Å². The Hall–Kier alpha value is -0.740. The second-order valence-corrected chi connectivity index (χ2v) is 4.46. The molecule has 0 fully saturated rings. The molecule has 1 atom stereocenters. The average Bonchev–Trinajstić information content (AvgIpc) is 2.20. The summed E-state index contributed by atoms with van der Waals surface area (Å²) in [6.07, 6.45) is 0. The topological polar surface area (TPSA) is 35.2 Å². The highest BCUT2D eigenvalue weighted by molar-refractivity contribution is 7.98. The molecule has 15 heavy (non-hydrogen) atoms. The lowest BCUT2D eigenvalue weighted by atomic mass is 10.2. The quantitative estimate of drug-likeness (QED) is 0.842. The van der Waals surface area contributed by atoms with Crippen LogP contribution in [0, 0.1) is 5.82 Å². The normalized spacial score (nSPS) is 12.5. The van der Waals surface area contributed by atoms with E-state index in [-0.39, 0.29) is 11.9 Å². The molecule has 0 saturated heterocycles. The minimum absolute atomic E-state index is 0.142. The third-order valence-corrected chi connectivity index (χ3v) is 3.18. The molecule has 0 bridgehead atoms. The van der Waals surface area contributed by atoms with Gasteiger partial charge in [-0.2, -0.15) is 11.8 Å². The van der Waals surface area contributed by atoms with Crippen molar-refractivity contribution in [3.05, 3.63) is 29.6 Å². The Morgan fingerprint density at radius 2 is 2.27 bits per heavy atom. The molecule has 1 aromatic rings. The zero-order chi connectivity index (χ0) is 11.3. The largest absolute Gasteiger partial charge is 0.494 e. The van der Waals surface area contributed by atoms with Crippen LogP contribution in [-0.4, -0.2) is 18.9 Å². The first-order valence-corrected chi connectivity index (χ1v) is 5.95. The maximum absolute atomic E-state index is 13.6. The van der Waals surface area contributed by atoms with Crippen LogP contribution in [0.5, 0.6) is 5.75 Å². The van der Waals surface area contributed by atoms with Crippen LogP contribution in [0.3, 0.4) is 0 Å². The molecule has 2 nitrogen and oxygen atoms in total. The van der Waals surface area contributed by atoms with E-state index in [1.54, 1.807) is 30.0 Å². The molecule has 0 radical (unpaired) electrons. The number of hydrogen-bond donors (Lipinski definition) is 1. The number of benzene rings is 1. The van der Waals surface area contributed by atoms with Crippen molar-refractivity contribution in [3.63, 3.8) is 0 Å². The number of ether oxygens (including phenoxy) is 1. The van der Waals surface area contributed by atoms with Crippen LogP contribution >= 0.6 is 11.8 Å². The lowest BCUT2D eigenvalue weighted by Gasteiger charge is -2.08. The minimum atomic E-state index is -0.267. The number of methoxy groups -OCH3 is 1. The summed E-state index contributed by atoms with van der Waals surface area (Å²) in [5, 5.41) is 0. The smallest absolute Gasteiger partial charge is 0.169 e. The summed E-state index contributed by atoms with van der Waals surface area (Å²) in [6, 6.07) is 5.33. The maximum Gasteiger partial charge on any atom is 0.169 e. The van der Waals surface area contributed by atoms with Crippen molar-refractivity contribution in [1.29, 1.82) is 0 Å². The monoisotopic (exact) mass is 229 g/mol. The Morgan fingerprint density at radius 1 is 1.53 bits per heavy atom. The Bertz CT molecular complexity index is 317. The van der Waals surface area contributed by atoms with Crippen LogP contribution in [0.2, 0.25) is 0 Å². The Balaban J connectivity index is 2.61. The van der Waals surface area contributed by atoms with Gasteiger partial charge in [-0.15, -0.1) is 0 Å². The molecule has 1 unspecified atom stereocenters. The third kappa shape index (κ3) is 3.72. The molecule has 1 aromatic carbocycles. The Morgan fingerprint density at radius 3 is 2.87 bits per heavy atom. The fraction of sp³-hybridized carbons (Fsp3) is 0.455. The zero-order valence-electron chi connectivity index (χ0n) is 9.00. The van der Waals surface area contributed by atoms with Gasteiger partial charge in [0.05, 0.1) is 7.11 Å². The second-order valence-electron chi connectivity index (χ2n) is 3.43. The van der Waals surface area contributed by atoms with Crippen molar-refractivity contribution in [1.82, 2.24) is 0 Å². The number of thioether (sulfide) groups is 1. The van der Waals surface area contributed by atoms with Gasteiger partial charge in [0, 0.05) is 23.1 Å². The third-order valence-electron chi connectivity index (χ3n) is 1.90. The first kappa shape index (κ1) is 12.3.